The lowest BCUT2D eigenvalue weighted by atomic mass is 10.1. The zero-order valence-corrected chi connectivity index (χ0v) is 17.6. The van der Waals surface area contributed by atoms with Crippen LogP contribution in [0.5, 0.6) is 0 Å². The van der Waals surface area contributed by atoms with Crippen molar-refractivity contribution in [3.63, 3.8) is 0 Å². The Morgan fingerprint density at radius 3 is 2.38 bits per heavy atom. The van der Waals surface area contributed by atoms with Crippen LogP contribution in [0.4, 0.5) is 27.4 Å². The van der Waals surface area contributed by atoms with Crippen molar-refractivity contribution in [2.24, 2.45) is 0 Å². The van der Waals surface area contributed by atoms with Gasteiger partial charge in [-0.25, -0.2) is 14.4 Å². The highest BCUT2D eigenvalue weighted by molar-refractivity contribution is 6.17. The smallest absolute Gasteiger partial charge is 0.227 e. The van der Waals surface area contributed by atoms with E-state index in [9.17, 15) is 4.39 Å². The third-order valence-corrected chi connectivity index (χ3v) is 4.83. The first-order valence-corrected chi connectivity index (χ1v) is 9.98. The summed E-state index contributed by atoms with van der Waals surface area (Å²) < 4.78 is 13.4. The molecule has 0 bridgehead atoms. The fourth-order valence-electron chi connectivity index (χ4n) is 3.17. The molecule has 0 spiro atoms. The van der Waals surface area contributed by atoms with E-state index in [0.29, 0.717) is 5.95 Å². The van der Waals surface area contributed by atoms with Crippen molar-refractivity contribution in [3.05, 3.63) is 103 Å². The number of halogens is 1. The predicted octanol–water partition coefficient (Wildman–Crippen LogP) is 5.63. The Labute approximate surface area is 188 Å². The molecule has 7 heteroatoms. The van der Waals surface area contributed by atoms with Gasteiger partial charge in [0.1, 0.15) is 5.82 Å². The molecule has 0 saturated heterocycles. The van der Waals surface area contributed by atoms with Crippen LogP contribution in [0.1, 0.15) is 5.56 Å². The van der Waals surface area contributed by atoms with E-state index >= 15 is 0 Å². The molecule has 2 N–H and O–H groups in total. The summed E-state index contributed by atoms with van der Waals surface area (Å²) in [6.45, 7) is 4.15. The zero-order chi connectivity index (χ0) is 22.5. The molecule has 156 valence electrons. The number of hydrogen-bond acceptors (Lipinski definition) is 5. The molecule has 5 nitrogen and oxygen atoms in total. The molecule has 0 aliphatic heterocycles. The summed E-state index contributed by atoms with van der Waals surface area (Å²) in [5.74, 6) is 0.150. The van der Waals surface area contributed by atoms with Gasteiger partial charge in [-0.05, 0) is 60.6 Å². The second-order valence-corrected chi connectivity index (χ2v) is 7.28. The van der Waals surface area contributed by atoms with E-state index in [4.69, 9.17) is 7.98 Å². The van der Waals surface area contributed by atoms with Gasteiger partial charge in [-0.2, -0.15) is 0 Å². The number of nitrogens with zero attached hydrogens (tertiary/aromatic N) is 3. The SMILES string of the molecule is [B]N(C)c1cccc(NC(=C)c2cccc(Nc3ncc(-c4cccc(F)c4)cn3)c2)c1. The second-order valence-electron chi connectivity index (χ2n) is 7.28. The Balaban J connectivity index is 1.46. The maximum absolute atomic E-state index is 13.4. The Kier molecular flexibility index (Phi) is 6.17. The second kappa shape index (κ2) is 9.35. The van der Waals surface area contributed by atoms with Gasteiger partial charge in [0.25, 0.3) is 0 Å². The van der Waals surface area contributed by atoms with Crippen molar-refractivity contribution in [2.75, 3.05) is 22.5 Å². The molecule has 0 aliphatic carbocycles. The van der Waals surface area contributed by atoms with Crippen molar-refractivity contribution in [1.82, 2.24) is 9.97 Å². The molecule has 0 amide bonds. The maximum Gasteiger partial charge on any atom is 0.227 e. The van der Waals surface area contributed by atoms with Crippen LogP contribution >= 0.6 is 0 Å². The first kappa shape index (κ1) is 21.1. The van der Waals surface area contributed by atoms with E-state index in [2.05, 4.69) is 27.2 Å². The molecule has 0 atom stereocenters. The van der Waals surface area contributed by atoms with Crippen molar-refractivity contribution in [1.29, 1.82) is 0 Å². The summed E-state index contributed by atoms with van der Waals surface area (Å²) in [5.41, 5.74) is 5.72. The number of anilines is 4. The minimum absolute atomic E-state index is 0.294. The van der Waals surface area contributed by atoms with E-state index < -0.39 is 0 Å². The Bertz CT molecular complexity index is 1240. The van der Waals surface area contributed by atoms with Crippen molar-refractivity contribution < 1.29 is 4.39 Å². The molecule has 0 aliphatic rings. The molecule has 4 rings (SSSR count). The molecule has 1 heterocycles. The van der Waals surface area contributed by atoms with Crippen LogP contribution in [0, 0.1) is 5.82 Å². The fraction of sp³-hybridized carbons (Fsp3) is 0.0400. The van der Waals surface area contributed by atoms with Gasteiger partial charge in [0.05, 0.1) is 0 Å². The van der Waals surface area contributed by atoms with E-state index in [1.54, 1.807) is 30.3 Å². The highest BCUT2D eigenvalue weighted by Gasteiger charge is 2.06. The molecule has 32 heavy (non-hydrogen) atoms. The van der Waals surface area contributed by atoms with E-state index in [1.165, 1.54) is 12.1 Å². The quantitative estimate of drug-likeness (QED) is 0.379. The van der Waals surface area contributed by atoms with Gasteiger partial charge >= 0.3 is 0 Å². The Hall–Kier alpha value is -4.13. The number of rotatable bonds is 7. The molecule has 2 radical (unpaired) electrons. The van der Waals surface area contributed by atoms with Gasteiger partial charge < -0.3 is 15.4 Å². The Morgan fingerprint density at radius 1 is 0.906 bits per heavy atom. The summed E-state index contributed by atoms with van der Waals surface area (Å²) >= 11 is 0. The normalized spacial score (nSPS) is 10.4. The van der Waals surface area contributed by atoms with Gasteiger partial charge in [0, 0.05) is 40.7 Å². The van der Waals surface area contributed by atoms with Gasteiger partial charge in [-0.1, -0.05) is 36.9 Å². The van der Waals surface area contributed by atoms with Crippen molar-refractivity contribution in [3.8, 4) is 11.1 Å². The van der Waals surface area contributed by atoms with E-state index in [-0.39, 0.29) is 5.82 Å². The van der Waals surface area contributed by atoms with Crippen LogP contribution in [0.25, 0.3) is 16.8 Å². The zero-order valence-electron chi connectivity index (χ0n) is 17.6. The van der Waals surface area contributed by atoms with Crippen LogP contribution in [0.2, 0.25) is 0 Å². The summed E-state index contributed by atoms with van der Waals surface area (Å²) in [5, 5.41) is 6.50. The number of benzene rings is 3. The standard InChI is InChI=1S/C25H21BFN5/c1-17(30-23-10-5-11-24(14-23)32(2)26)18-6-4-9-22(13-18)31-25-28-15-20(16-29-25)19-7-3-8-21(27)12-19/h3-16,30H,1H2,2H3,(H,28,29,31). The average molecular weight is 421 g/mol. The van der Waals surface area contributed by atoms with Crippen LogP contribution in [-0.2, 0) is 0 Å². The maximum atomic E-state index is 13.4. The number of hydrogen-bond donors (Lipinski definition) is 2. The van der Waals surface area contributed by atoms with E-state index in [0.717, 1.165) is 39.4 Å². The van der Waals surface area contributed by atoms with Crippen LogP contribution in [0.15, 0.2) is 91.8 Å². The topological polar surface area (TPSA) is 53.1 Å². The lowest BCUT2D eigenvalue weighted by Crippen LogP contribution is -2.11. The predicted molar refractivity (Wildman–Crippen MR) is 130 cm³/mol. The molecular weight excluding hydrogens is 400 g/mol. The largest absolute Gasteiger partial charge is 0.427 e. The fourth-order valence-corrected chi connectivity index (χ4v) is 3.17. The summed E-state index contributed by atoms with van der Waals surface area (Å²) in [6.07, 6.45) is 3.33. The van der Waals surface area contributed by atoms with Gasteiger partial charge in [0.2, 0.25) is 13.9 Å². The Morgan fingerprint density at radius 2 is 1.62 bits per heavy atom. The highest BCUT2D eigenvalue weighted by Crippen LogP contribution is 2.24. The molecular formula is C25H21BFN5. The van der Waals surface area contributed by atoms with Gasteiger partial charge in [-0.3, -0.25) is 0 Å². The van der Waals surface area contributed by atoms with Gasteiger partial charge in [0.15, 0.2) is 0 Å². The first-order valence-electron chi connectivity index (χ1n) is 9.98. The summed E-state index contributed by atoms with van der Waals surface area (Å²) in [4.78, 5) is 10.3. The minimum Gasteiger partial charge on any atom is -0.427 e. The molecule has 0 unspecified atom stereocenters. The number of aromatic nitrogens is 2. The molecule has 1 aromatic heterocycles. The third kappa shape index (κ3) is 5.13. The molecule has 0 saturated carbocycles. The molecule has 4 aromatic rings. The minimum atomic E-state index is -0.294. The van der Waals surface area contributed by atoms with Crippen molar-refractivity contribution in [2.45, 2.75) is 0 Å². The number of nitrogens with one attached hydrogen (secondary N) is 2. The van der Waals surface area contributed by atoms with E-state index in [1.807, 2.05) is 54.6 Å². The monoisotopic (exact) mass is 421 g/mol. The highest BCUT2D eigenvalue weighted by atomic mass is 19.1. The molecule has 0 fully saturated rings. The molecule has 3 aromatic carbocycles. The lowest BCUT2D eigenvalue weighted by Gasteiger charge is -2.16. The van der Waals surface area contributed by atoms with Crippen LogP contribution < -0.4 is 15.4 Å². The average Bonchev–Trinajstić information content (AvgIpc) is 2.80. The van der Waals surface area contributed by atoms with Gasteiger partial charge in [-0.15, -0.1) is 0 Å². The van der Waals surface area contributed by atoms with Crippen LogP contribution in [0.3, 0.4) is 0 Å². The van der Waals surface area contributed by atoms with Crippen molar-refractivity contribution >= 4 is 36.7 Å². The lowest BCUT2D eigenvalue weighted by molar-refractivity contribution is 0.628. The van der Waals surface area contributed by atoms with Crippen LogP contribution in [-0.4, -0.2) is 25.0 Å². The third-order valence-electron chi connectivity index (χ3n) is 4.83. The summed E-state index contributed by atoms with van der Waals surface area (Å²) in [6, 6.07) is 21.9. The first-order chi connectivity index (χ1) is 15.5. The summed E-state index contributed by atoms with van der Waals surface area (Å²) in [7, 11) is 7.60.